The molecule has 1 aliphatic heterocycles. The summed E-state index contributed by atoms with van der Waals surface area (Å²) < 4.78 is 10.8. The van der Waals surface area contributed by atoms with E-state index >= 15 is 0 Å². The Kier molecular flexibility index (Phi) is 6.18. The van der Waals surface area contributed by atoms with Crippen LogP contribution in [-0.4, -0.2) is 58.0 Å². The first-order chi connectivity index (χ1) is 13.0. The van der Waals surface area contributed by atoms with E-state index in [4.69, 9.17) is 9.26 Å². The maximum Gasteiger partial charge on any atom is 0.249 e. The molecule has 1 saturated heterocycles. The van der Waals surface area contributed by atoms with Crippen molar-refractivity contribution in [3.8, 4) is 0 Å². The molecule has 1 aliphatic rings. The van der Waals surface area contributed by atoms with Crippen LogP contribution in [0.15, 0.2) is 34.9 Å². The van der Waals surface area contributed by atoms with Gasteiger partial charge in [-0.1, -0.05) is 35.5 Å². The standard InChI is InChI=1S/C19H24N4O4/c1-14-20-19(27-21-14)17-8-9-22(10-11-23(17)15(2)24)18(25)13-26-12-16-6-4-3-5-7-16/h3-7,17H,8-13H2,1-2H3. The van der Waals surface area contributed by atoms with Gasteiger partial charge in [0.2, 0.25) is 17.7 Å². The number of hydrogen-bond donors (Lipinski definition) is 0. The van der Waals surface area contributed by atoms with Crippen molar-refractivity contribution < 1.29 is 18.8 Å². The number of carbonyl (C=O) groups excluding carboxylic acids is 2. The van der Waals surface area contributed by atoms with E-state index in [1.165, 1.54) is 6.92 Å². The van der Waals surface area contributed by atoms with Crippen molar-refractivity contribution >= 4 is 11.8 Å². The summed E-state index contributed by atoms with van der Waals surface area (Å²) in [5.41, 5.74) is 1.02. The molecule has 1 aromatic heterocycles. The average molecular weight is 372 g/mol. The number of ether oxygens (including phenoxy) is 1. The highest BCUT2D eigenvalue weighted by molar-refractivity contribution is 5.78. The van der Waals surface area contributed by atoms with E-state index in [2.05, 4.69) is 10.1 Å². The molecule has 0 spiro atoms. The van der Waals surface area contributed by atoms with Crippen LogP contribution in [0, 0.1) is 6.92 Å². The lowest BCUT2D eigenvalue weighted by Crippen LogP contribution is -2.38. The third kappa shape index (κ3) is 4.91. The predicted octanol–water partition coefficient (Wildman–Crippen LogP) is 1.72. The van der Waals surface area contributed by atoms with E-state index in [0.29, 0.717) is 44.4 Å². The van der Waals surface area contributed by atoms with E-state index in [9.17, 15) is 9.59 Å². The number of aryl methyl sites for hydroxylation is 1. The summed E-state index contributed by atoms with van der Waals surface area (Å²) in [4.78, 5) is 32.2. The van der Waals surface area contributed by atoms with E-state index in [1.54, 1.807) is 16.7 Å². The Labute approximate surface area is 158 Å². The van der Waals surface area contributed by atoms with Crippen LogP contribution in [0.25, 0.3) is 0 Å². The molecular formula is C19H24N4O4. The third-order valence-corrected chi connectivity index (χ3v) is 4.58. The molecule has 0 radical (unpaired) electrons. The van der Waals surface area contributed by atoms with Gasteiger partial charge in [0, 0.05) is 26.6 Å². The van der Waals surface area contributed by atoms with E-state index in [0.717, 1.165) is 5.56 Å². The van der Waals surface area contributed by atoms with E-state index < -0.39 is 0 Å². The molecule has 0 N–H and O–H groups in total. The van der Waals surface area contributed by atoms with Gasteiger partial charge in [-0.2, -0.15) is 4.98 Å². The van der Waals surface area contributed by atoms with Gasteiger partial charge < -0.3 is 19.1 Å². The van der Waals surface area contributed by atoms with Crippen LogP contribution >= 0.6 is 0 Å². The summed E-state index contributed by atoms with van der Waals surface area (Å²) in [6.45, 7) is 5.04. The maximum absolute atomic E-state index is 12.5. The average Bonchev–Trinajstić information content (AvgIpc) is 2.96. The molecular weight excluding hydrogens is 348 g/mol. The molecule has 144 valence electrons. The molecule has 1 atom stereocenters. The predicted molar refractivity (Wildman–Crippen MR) is 96.5 cm³/mol. The van der Waals surface area contributed by atoms with E-state index in [1.807, 2.05) is 30.3 Å². The second-order valence-corrected chi connectivity index (χ2v) is 6.56. The molecule has 8 nitrogen and oxygen atoms in total. The number of aromatic nitrogens is 2. The Morgan fingerprint density at radius 2 is 2.00 bits per heavy atom. The fourth-order valence-electron chi connectivity index (χ4n) is 3.18. The number of rotatable bonds is 5. The van der Waals surface area contributed by atoms with Crippen molar-refractivity contribution in [2.24, 2.45) is 0 Å². The summed E-state index contributed by atoms with van der Waals surface area (Å²) in [5.74, 6) is 0.777. The Morgan fingerprint density at radius 3 is 2.67 bits per heavy atom. The first kappa shape index (κ1) is 19.0. The lowest BCUT2D eigenvalue weighted by molar-refractivity contribution is -0.137. The number of hydrogen-bond acceptors (Lipinski definition) is 6. The molecule has 8 heteroatoms. The maximum atomic E-state index is 12.5. The van der Waals surface area contributed by atoms with Gasteiger partial charge in [-0.15, -0.1) is 0 Å². The van der Waals surface area contributed by atoms with Crippen molar-refractivity contribution in [1.29, 1.82) is 0 Å². The fourth-order valence-corrected chi connectivity index (χ4v) is 3.18. The highest BCUT2D eigenvalue weighted by Gasteiger charge is 2.32. The van der Waals surface area contributed by atoms with Gasteiger partial charge in [-0.3, -0.25) is 9.59 Å². The van der Waals surface area contributed by atoms with Crippen molar-refractivity contribution in [3.05, 3.63) is 47.6 Å². The zero-order valence-corrected chi connectivity index (χ0v) is 15.6. The van der Waals surface area contributed by atoms with Crippen LogP contribution in [0.1, 0.15) is 36.7 Å². The summed E-state index contributed by atoms with van der Waals surface area (Å²) in [6.07, 6.45) is 0.547. The Morgan fingerprint density at radius 1 is 1.22 bits per heavy atom. The first-order valence-electron chi connectivity index (χ1n) is 9.01. The summed E-state index contributed by atoms with van der Waals surface area (Å²) >= 11 is 0. The second-order valence-electron chi connectivity index (χ2n) is 6.56. The topological polar surface area (TPSA) is 88.8 Å². The van der Waals surface area contributed by atoms with Crippen LogP contribution in [0.3, 0.4) is 0 Å². The normalized spacial score (nSPS) is 17.6. The quantitative estimate of drug-likeness (QED) is 0.794. The van der Waals surface area contributed by atoms with Gasteiger partial charge in [0.25, 0.3) is 0 Å². The minimum Gasteiger partial charge on any atom is -0.367 e. The summed E-state index contributed by atoms with van der Waals surface area (Å²) in [5, 5.41) is 3.82. The van der Waals surface area contributed by atoms with Crippen molar-refractivity contribution in [1.82, 2.24) is 19.9 Å². The smallest absolute Gasteiger partial charge is 0.249 e. The number of benzene rings is 1. The zero-order chi connectivity index (χ0) is 19.2. The molecule has 1 aromatic carbocycles. The van der Waals surface area contributed by atoms with Gasteiger partial charge in [0.05, 0.1) is 6.61 Å². The Bertz CT molecular complexity index is 777. The molecule has 0 aliphatic carbocycles. The minimum atomic E-state index is -0.313. The highest BCUT2D eigenvalue weighted by atomic mass is 16.5. The molecule has 2 aromatic rings. The zero-order valence-electron chi connectivity index (χ0n) is 15.6. The molecule has 2 heterocycles. The number of nitrogens with zero attached hydrogens (tertiary/aromatic N) is 4. The largest absolute Gasteiger partial charge is 0.367 e. The summed E-state index contributed by atoms with van der Waals surface area (Å²) in [6, 6.07) is 9.41. The van der Waals surface area contributed by atoms with Gasteiger partial charge >= 0.3 is 0 Å². The third-order valence-electron chi connectivity index (χ3n) is 4.58. The van der Waals surface area contributed by atoms with E-state index in [-0.39, 0.29) is 24.5 Å². The van der Waals surface area contributed by atoms with Crippen molar-refractivity contribution in [2.75, 3.05) is 26.2 Å². The minimum absolute atomic E-state index is 0.0132. The molecule has 3 rings (SSSR count). The molecule has 2 amide bonds. The van der Waals surface area contributed by atoms with Crippen LogP contribution in [-0.2, 0) is 20.9 Å². The Balaban J connectivity index is 1.58. The molecule has 27 heavy (non-hydrogen) atoms. The van der Waals surface area contributed by atoms with Crippen LogP contribution < -0.4 is 0 Å². The lowest BCUT2D eigenvalue weighted by Gasteiger charge is -2.25. The molecule has 0 saturated carbocycles. The number of amides is 2. The first-order valence-corrected chi connectivity index (χ1v) is 9.01. The van der Waals surface area contributed by atoms with Crippen molar-refractivity contribution in [2.45, 2.75) is 32.9 Å². The molecule has 1 unspecified atom stereocenters. The molecule has 1 fully saturated rings. The molecule has 0 bridgehead atoms. The van der Waals surface area contributed by atoms with Crippen LogP contribution in [0.5, 0.6) is 0 Å². The Hall–Kier alpha value is -2.74. The van der Waals surface area contributed by atoms with Crippen LogP contribution in [0.2, 0.25) is 0 Å². The lowest BCUT2D eigenvalue weighted by atomic mass is 10.1. The number of carbonyl (C=O) groups is 2. The fraction of sp³-hybridized carbons (Fsp3) is 0.474. The monoisotopic (exact) mass is 372 g/mol. The highest BCUT2D eigenvalue weighted by Crippen LogP contribution is 2.26. The van der Waals surface area contributed by atoms with Crippen molar-refractivity contribution in [3.63, 3.8) is 0 Å². The van der Waals surface area contributed by atoms with Gasteiger partial charge in [0.1, 0.15) is 12.6 Å². The SMILES string of the molecule is CC(=O)N1CCN(C(=O)COCc2ccccc2)CCC1c1nc(C)no1. The second kappa shape index (κ2) is 8.77. The summed E-state index contributed by atoms with van der Waals surface area (Å²) in [7, 11) is 0. The van der Waals surface area contributed by atoms with Gasteiger partial charge in [-0.05, 0) is 18.9 Å². The van der Waals surface area contributed by atoms with Gasteiger partial charge in [0.15, 0.2) is 5.82 Å². The van der Waals surface area contributed by atoms with Gasteiger partial charge in [-0.25, -0.2) is 0 Å². The van der Waals surface area contributed by atoms with Crippen LogP contribution in [0.4, 0.5) is 0 Å².